The molecule has 0 fully saturated rings. The van der Waals surface area contributed by atoms with Gasteiger partial charge in [-0.25, -0.2) is 0 Å². The lowest BCUT2D eigenvalue weighted by Crippen LogP contribution is -2.22. The summed E-state index contributed by atoms with van der Waals surface area (Å²) in [6, 6.07) is 7.95. The number of ether oxygens (including phenoxy) is 1. The minimum atomic E-state index is -0.395. The zero-order chi connectivity index (χ0) is 19.4. The van der Waals surface area contributed by atoms with Gasteiger partial charge in [0.1, 0.15) is 17.3 Å². The Labute approximate surface area is 158 Å². The molecule has 26 heavy (non-hydrogen) atoms. The number of ketones is 2. The van der Waals surface area contributed by atoms with Crippen LogP contribution in [0.4, 0.5) is 0 Å². The molecule has 1 rings (SSSR count). The zero-order valence-electron chi connectivity index (χ0n) is 16.4. The van der Waals surface area contributed by atoms with E-state index in [1.165, 1.54) is 0 Å². The van der Waals surface area contributed by atoms with Crippen LogP contribution in [0.25, 0.3) is 5.57 Å². The van der Waals surface area contributed by atoms with Crippen LogP contribution in [0.3, 0.4) is 0 Å². The zero-order valence-corrected chi connectivity index (χ0v) is 16.4. The minimum absolute atomic E-state index is 0.0802. The number of hydrogen-bond acceptors (Lipinski definition) is 3. The summed E-state index contributed by atoms with van der Waals surface area (Å²) in [6.07, 6.45) is 9.49. The Hall–Kier alpha value is -2.16. The molecule has 0 spiro atoms. The first-order valence-electron chi connectivity index (χ1n) is 9.56. The second-order valence-corrected chi connectivity index (χ2v) is 6.47. The van der Waals surface area contributed by atoms with Crippen molar-refractivity contribution in [1.82, 2.24) is 0 Å². The lowest BCUT2D eigenvalue weighted by atomic mass is 9.90. The van der Waals surface area contributed by atoms with Crippen LogP contribution < -0.4 is 4.74 Å². The summed E-state index contributed by atoms with van der Waals surface area (Å²) >= 11 is 0. The van der Waals surface area contributed by atoms with Gasteiger partial charge in [0.15, 0.2) is 0 Å². The number of unbranched alkanes of at least 4 members (excludes halogenated alkanes) is 1. The van der Waals surface area contributed by atoms with E-state index in [0.717, 1.165) is 42.6 Å². The Morgan fingerprint density at radius 2 is 1.62 bits per heavy atom. The maximum absolute atomic E-state index is 11.9. The van der Waals surface area contributed by atoms with E-state index >= 15 is 0 Å². The summed E-state index contributed by atoms with van der Waals surface area (Å²) in [4.78, 5) is 23.7. The third-order valence-electron chi connectivity index (χ3n) is 4.62. The van der Waals surface area contributed by atoms with E-state index in [1.807, 2.05) is 38.1 Å². The minimum Gasteiger partial charge on any atom is -0.497 e. The number of allylic oxidation sites excluding steroid dienone is 3. The van der Waals surface area contributed by atoms with Gasteiger partial charge in [0, 0.05) is 12.8 Å². The molecule has 0 unspecified atom stereocenters. The highest BCUT2D eigenvalue weighted by Crippen LogP contribution is 2.21. The summed E-state index contributed by atoms with van der Waals surface area (Å²) in [5, 5.41) is 0. The molecule has 0 saturated heterocycles. The Morgan fingerprint density at radius 1 is 1.04 bits per heavy atom. The molecular weight excluding hydrogens is 324 g/mol. The van der Waals surface area contributed by atoms with Crippen LogP contribution in [0.1, 0.15) is 64.4 Å². The van der Waals surface area contributed by atoms with Crippen molar-refractivity contribution in [2.45, 2.75) is 58.8 Å². The van der Waals surface area contributed by atoms with Gasteiger partial charge in [-0.2, -0.15) is 0 Å². The van der Waals surface area contributed by atoms with E-state index in [4.69, 9.17) is 4.74 Å². The second-order valence-electron chi connectivity index (χ2n) is 6.47. The van der Waals surface area contributed by atoms with Crippen molar-refractivity contribution in [3.63, 3.8) is 0 Å². The van der Waals surface area contributed by atoms with Gasteiger partial charge in [0.2, 0.25) is 0 Å². The number of carbonyl (C=O) groups excluding carboxylic acids is 2. The van der Waals surface area contributed by atoms with Crippen LogP contribution in [0.5, 0.6) is 5.75 Å². The monoisotopic (exact) mass is 356 g/mol. The quantitative estimate of drug-likeness (QED) is 0.255. The van der Waals surface area contributed by atoms with Crippen molar-refractivity contribution in [3.05, 3.63) is 48.6 Å². The number of benzene rings is 1. The van der Waals surface area contributed by atoms with Crippen LogP contribution in [-0.2, 0) is 9.59 Å². The molecule has 0 aromatic heterocycles. The molecule has 0 aliphatic rings. The van der Waals surface area contributed by atoms with Gasteiger partial charge >= 0.3 is 0 Å². The number of hydrogen-bond donors (Lipinski definition) is 0. The average Bonchev–Trinajstić information content (AvgIpc) is 2.68. The summed E-state index contributed by atoms with van der Waals surface area (Å²) in [7, 11) is 1.66. The van der Waals surface area contributed by atoms with Gasteiger partial charge in [-0.3, -0.25) is 9.59 Å². The topological polar surface area (TPSA) is 43.4 Å². The molecule has 0 aliphatic heterocycles. The fourth-order valence-corrected chi connectivity index (χ4v) is 2.90. The van der Waals surface area contributed by atoms with E-state index in [9.17, 15) is 9.59 Å². The van der Waals surface area contributed by atoms with Crippen molar-refractivity contribution < 1.29 is 14.3 Å². The van der Waals surface area contributed by atoms with Crippen molar-refractivity contribution in [2.75, 3.05) is 7.11 Å². The van der Waals surface area contributed by atoms with E-state index in [1.54, 1.807) is 7.11 Å². The third-order valence-corrected chi connectivity index (χ3v) is 4.62. The lowest BCUT2D eigenvalue weighted by Gasteiger charge is -2.12. The highest BCUT2D eigenvalue weighted by Gasteiger charge is 2.22. The maximum atomic E-state index is 11.9. The molecule has 0 bridgehead atoms. The van der Waals surface area contributed by atoms with Crippen LogP contribution in [0.2, 0.25) is 0 Å². The van der Waals surface area contributed by atoms with Crippen molar-refractivity contribution in [2.24, 2.45) is 5.92 Å². The van der Waals surface area contributed by atoms with Gasteiger partial charge in [0.25, 0.3) is 0 Å². The highest BCUT2D eigenvalue weighted by atomic mass is 16.5. The molecule has 1 aromatic carbocycles. The van der Waals surface area contributed by atoms with Crippen molar-refractivity contribution >= 4 is 17.1 Å². The number of carbonyl (C=O) groups is 2. The summed E-state index contributed by atoms with van der Waals surface area (Å²) < 4.78 is 5.16. The van der Waals surface area contributed by atoms with Gasteiger partial charge in [0.05, 0.1) is 13.0 Å². The van der Waals surface area contributed by atoms with E-state index < -0.39 is 5.92 Å². The molecule has 3 heteroatoms. The molecule has 1 aromatic rings. The summed E-state index contributed by atoms with van der Waals surface area (Å²) in [6.45, 7) is 7.80. The third kappa shape index (κ3) is 7.38. The molecule has 0 radical (unpaired) electrons. The fraction of sp³-hybridized carbons (Fsp3) is 0.478. The SMILES string of the molecule is C=C(CCC=CCCCC(C(=O)CC)C(=O)CC)c1ccc(OC)cc1. The highest BCUT2D eigenvalue weighted by molar-refractivity contribution is 6.02. The largest absolute Gasteiger partial charge is 0.497 e. The first kappa shape index (κ1) is 21.9. The standard InChI is InChI=1S/C23H32O3/c1-5-22(24)21(23(25)6-2)13-11-9-7-8-10-12-18(3)19-14-16-20(26-4)17-15-19/h7-8,14-17,21H,3,5-6,9-13H2,1-2,4H3. The average molecular weight is 357 g/mol. The van der Waals surface area contributed by atoms with Gasteiger partial charge in [-0.05, 0) is 55.4 Å². The van der Waals surface area contributed by atoms with Crippen LogP contribution in [-0.4, -0.2) is 18.7 Å². The smallest absolute Gasteiger partial charge is 0.143 e. The molecule has 142 valence electrons. The Kier molecular flexibility index (Phi) is 10.3. The number of rotatable bonds is 13. The predicted molar refractivity (Wildman–Crippen MR) is 108 cm³/mol. The fourth-order valence-electron chi connectivity index (χ4n) is 2.90. The first-order chi connectivity index (χ1) is 12.5. The Bertz CT molecular complexity index is 595. The first-order valence-corrected chi connectivity index (χ1v) is 9.56. The molecule has 0 atom stereocenters. The van der Waals surface area contributed by atoms with Crippen LogP contribution in [0.15, 0.2) is 43.0 Å². The van der Waals surface area contributed by atoms with Gasteiger partial charge in [-0.1, -0.05) is 44.7 Å². The Balaban J connectivity index is 2.30. The van der Waals surface area contributed by atoms with Crippen LogP contribution >= 0.6 is 0 Å². The molecule has 0 amide bonds. The Morgan fingerprint density at radius 3 is 2.15 bits per heavy atom. The summed E-state index contributed by atoms with van der Waals surface area (Å²) in [5.41, 5.74) is 2.25. The lowest BCUT2D eigenvalue weighted by molar-refractivity contribution is -0.132. The van der Waals surface area contributed by atoms with Gasteiger partial charge in [-0.15, -0.1) is 0 Å². The van der Waals surface area contributed by atoms with Crippen molar-refractivity contribution in [3.8, 4) is 5.75 Å². The normalized spacial score (nSPS) is 11.1. The molecule has 3 nitrogen and oxygen atoms in total. The molecule has 0 heterocycles. The molecular formula is C23H32O3. The van der Waals surface area contributed by atoms with E-state index in [-0.39, 0.29) is 11.6 Å². The molecule has 0 saturated carbocycles. The van der Waals surface area contributed by atoms with Crippen molar-refractivity contribution in [1.29, 1.82) is 0 Å². The van der Waals surface area contributed by atoms with Crippen LogP contribution in [0, 0.1) is 5.92 Å². The van der Waals surface area contributed by atoms with E-state index in [0.29, 0.717) is 19.3 Å². The number of Topliss-reactive ketones (excluding diaryl/α,β-unsaturated/α-hetero) is 2. The maximum Gasteiger partial charge on any atom is 0.143 e. The molecule has 0 N–H and O–H groups in total. The number of methoxy groups -OCH3 is 1. The van der Waals surface area contributed by atoms with E-state index in [2.05, 4.69) is 18.7 Å². The molecule has 0 aliphatic carbocycles. The second kappa shape index (κ2) is 12.2. The predicted octanol–water partition coefficient (Wildman–Crippen LogP) is 5.79. The van der Waals surface area contributed by atoms with Gasteiger partial charge < -0.3 is 4.74 Å². The summed E-state index contributed by atoms with van der Waals surface area (Å²) in [5.74, 6) is 0.615.